The minimum absolute atomic E-state index is 0.118. The molecule has 0 saturated carbocycles. The number of nitrogens with one attached hydrogen (secondary N) is 2. The molecule has 3 heterocycles. The molecule has 30 heavy (non-hydrogen) atoms. The molecule has 4 rings (SSSR count). The highest BCUT2D eigenvalue weighted by Gasteiger charge is 2.29. The molecule has 2 aliphatic heterocycles. The van der Waals surface area contributed by atoms with Crippen molar-refractivity contribution in [2.24, 2.45) is 0 Å². The summed E-state index contributed by atoms with van der Waals surface area (Å²) < 4.78 is 20.2. The van der Waals surface area contributed by atoms with Gasteiger partial charge >= 0.3 is 6.03 Å². The molecule has 1 aromatic heterocycles. The summed E-state index contributed by atoms with van der Waals surface area (Å²) in [5.74, 6) is 0.863. The fourth-order valence-electron chi connectivity index (χ4n) is 3.88. The number of rotatable bonds is 4. The number of morpholine rings is 1. The minimum Gasteiger partial charge on any atom is -0.377 e. The Bertz CT molecular complexity index is 953. The van der Waals surface area contributed by atoms with Gasteiger partial charge in [0.05, 0.1) is 30.6 Å². The van der Waals surface area contributed by atoms with E-state index in [2.05, 4.69) is 34.4 Å². The molecule has 2 N–H and O–H groups in total. The van der Waals surface area contributed by atoms with Crippen LogP contribution in [-0.4, -0.2) is 60.3 Å². The van der Waals surface area contributed by atoms with Crippen molar-refractivity contribution in [2.45, 2.75) is 33.0 Å². The zero-order valence-corrected chi connectivity index (χ0v) is 17.5. The zero-order chi connectivity index (χ0) is 21.3. The number of benzene rings is 1. The summed E-state index contributed by atoms with van der Waals surface area (Å²) in [6, 6.07) is 4.41. The van der Waals surface area contributed by atoms with E-state index in [1.54, 1.807) is 19.1 Å². The molecular weight excluding hydrogens is 387 g/mol. The highest BCUT2D eigenvalue weighted by molar-refractivity contribution is 5.89. The van der Waals surface area contributed by atoms with Crippen molar-refractivity contribution in [3.05, 3.63) is 35.3 Å². The second-order valence-corrected chi connectivity index (χ2v) is 7.76. The van der Waals surface area contributed by atoms with Crippen LogP contribution in [0, 0.1) is 5.82 Å². The number of hydrogen-bond acceptors (Lipinski definition) is 6. The normalized spacial score (nSPS) is 18.9. The first-order chi connectivity index (χ1) is 14.5. The maximum Gasteiger partial charge on any atom is 0.319 e. The van der Waals surface area contributed by atoms with Crippen molar-refractivity contribution < 1.29 is 13.9 Å². The van der Waals surface area contributed by atoms with Crippen molar-refractivity contribution in [3.63, 3.8) is 0 Å². The van der Waals surface area contributed by atoms with Crippen LogP contribution >= 0.6 is 0 Å². The van der Waals surface area contributed by atoms with Crippen molar-refractivity contribution in [2.75, 3.05) is 43.6 Å². The smallest absolute Gasteiger partial charge is 0.319 e. The van der Waals surface area contributed by atoms with Crippen LogP contribution in [0.3, 0.4) is 0 Å². The number of amides is 2. The third-order valence-corrected chi connectivity index (χ3v) is 5.37. The zero-order valence-electron chi connectivity index (χ0n) is 17.5. The molecule has 0 radical (unpaired) electrons. The minimum atomic E-state index is -0.527. The number of carbonyl (C=O) groups excluding carboxylic acids is 1. The summed E-state index contributed by atoms with van der Waals surface area (Å²) in [6.07, 6.45) is 0. The predicted molar refractivity (Wildman–Crippen MR) is 113 cm³/mol. The Labute approximate surface area is 175 Å². The molecule has 0 unspecified atom stereocenters. The van der Waals surface area contributed by atoms with E-state index in [4.69, 9.17) is 14.7 Å². The van der Waals surface area contributed by atoms with Crippen LogP contribution in [0.1, 0.15) is 25.1 Å². The molecule has 0 bridgehead atoms. The highest BCUT2D eigenvalue weighted by Crippen LogP contribution is 2.33. The van der Waals surface area contributed by atoms with Gasteiger partial charge in [-0.2, -0.15) is 0 Å². The molecule has 2 amide bonds. The Morgan fingerprint density at radius 1 is 1.33 bits per heavy atom. The molecule has 160 valence electrons. The molecule has 0 spiro atoms. The largest absolute Gasteiger partial charge is 0.377 e. The standard InChI is InChI=1S/C21H27FN6O2/c1-4-23-21(29)25-17-6-5-14(9-16(17)22)19-24-18-11-27(3)10-15(18)20(26-19)28-7-8-30-12-13(28)2/h5-6,9,13H,4,7-8,10-12H2,1-3H3,(H2,23,25,29)/t13-/m0/s1. The van der Waals surface area contributed by atoms with Gasteiger partial charge in [0.2, 0.25) is 0 Å². The molecule has 1 fully saturated rings. The van der Waals surface area contributed by atoms with E-state index >= 15 is 0 Å². The van der Waals surface area contributed by atoms with Gasteiger partial charge in [0, 0.05) is 37.3 Å². The summed E-state index contributed by atoms with van der Waals surface area (Å²) in [7, 11) is 2.05. The number of nitrogens with zero attached hydrogens (tertiary/aromatic N) is 4. The quantitative estimate of drug-likeness (QED) is 0.800. The van der Waals surface area contributed by atoms with Gasteiger partial charge in [-0.3, -0.25) is 4.90 Å². The van der Waals surface area contributed by atoms with Gasteiger partial charge in [0.25, 0.3) is 0 Å². The summed E-state index contributed by atoms with van der Waals surface area (Å²) in [5.41, 5.74) is 2.80. The van der Waals surface area contributed by atoms with E-state index in [-0.39, 0.29) is 11.7 Å². The lowest BCUT2D eigenvalue weighted by Crippen LogP contribution is -2.44. The van der Waals surface area contributed by atoms with E-state index in [1.165, 1.54) is 6.07 Å². The third kappa shape index (κ3) is 4.08. The van der Waals surface area contributed by atoms with Crippen molar-refractivity contribution in [1.82, 2.24) is 20.2 Å². The van der Waals surface area contributed by atoms with Gasteiger partial charge in [-0.1, -0.05) is 0 Å². The van der Waals surface area contributed by atoms with Crippen LogP contribution in [-0.2, 0) is 17.8 Å². The average molecular weight is 414 g/mol. The lowest BCUT2D eigenvalue weighted by Gasteiger charge is -2.35. The van der Waals surface area contributed by atoms with Crippen molar-refractivity contribution in [3.8, 4) is 11.4 Å². The first kappa shape index (κ1) is 20.5. The molecule has 2 aromatic rings. The molecule has 0 aliphatic carbocycles. The molecular formula is C21H27FN6O2. The predicted octanol–water partition coefficient (Wildman–Crippen LogP) is 2.59. The number of anilines is 2. The molecule has 9 heteroatoms. The second kappa shape index (κ2) is 8.53. The van der Waals surface area contributed by atoms with Gasteiger partial charge < -0.3 is 20.3 Å². The highest BCUT2D eigenvalue weighted by atomic mass is 19.1. The van der Waals surface area contributed by atoms with E-state index < -0.39 is 11.8 Å². The monoisotopic (exact) mass is 414 g/mol. The van der Waals surface area contributed by atoms with E-state index in [0.717, 1.165) is 36.7 Å². The van der Waals surface area contributed by atoms with Crippen molar-refractivity contribution >= 4 is 17.5 Å². The maximum atomic E-state index is 14.7. The van der Waals surface area contributed by atoms with Crippen LogP contribution in [0.2, 0.25) is 0 Å². The van der Waals surface area contributed by atoms with Gasteiger partial charge in [0.1, 0.15) is 11.6 Å². The molecule has 1 aromatic carbocycles. The molecule has 8 nitrogen and oxygen atoms in total. The van der Waals surface area contributed by atoms with Crippen LogP contribution in [0.15, 0.2) is 18.2 Å². The van der Waals surface area contributed by atoms with E-state index in [0.29, 0.717) is 31.1 Å². The lowest BCUT2D eigenvalue weighted by atomic mass is 10.1. The van der Waals surface area contributed by atoms with Crippen molar-refractivity contribution in [1.29, 1.82) is 0 Å². The van der Waals surface area contributed by atoms with Gasteiger partial charge in [-0.05, 0) is 39.1 Å². The first-order valence-corrected chi connectivity index (χ1v) is 10.2. The van der Waals surface area contributed by atoms with Gasteiger partial charge in [0.15, 0.2) is 5.82 Å². The van der Waals surface area contributed by atoms with E-state index in [9.17, 15) is 9.18 Å². The topological polar surface area (TPSA) is 82.6 Å². The Morgan fingerprint density at radius 2 is 2.17 bits per heavy atom. The lowest BCUT2D eigenvalue weighted by molar-refractivity contribution is 0.0984. The first-order valence-electron chi connectivity index (χ1n) is 10.2. The van der Waals surface area contributed by atoms with Crippen LogP contribution in [0.4, 0.5) is 20.7 Å². The number of urea groups is 1. The Balaban J connectivity index is 1.69. The number of carbonyl (C=O) groups is 1. The second-order valence-electron chi connectivity index (χ2n) is 7.76. The number of halogens is 1. The van der Waals surface area contributed by atoms with Crippen LogP contribution in [0.25, 0.3) is 11.4 Å². The summed E-state index contributed by atoms with van der Waals surface area (Å²) in [4.78, 5) is 25.7. The van der Waals surface area contributed by atoms with Crippen LogP contribution < -0.4 is 15.5 Å². The average Bonchev–Trinajstić information content (AvgIpc) is 3.09. The maximum absolute atomic E-state index is 14.7. The number of aromatic nitrogens is 2. The number of ether oxygens (including phenoxy) is 1. The molecule has 1 saturated heterocycles. The fraction of sp³-hybridized carbons (Fsp3) is 0.476. The van der Waals surface area contributed by atoms with Crippen LogP contribution in [0.5, 0.6) is 0 Å². The number of fused-ring (bicyclic) bond motifs is 1. The molecule has 1 atom stereocenters. The van der Waals surface area contributed by atoms with Gasteiger partial charge in [-0.25, -0.2) is 19.2 Å². The fourth-order valence-corrected chi connectivity index (χ4v) is 3.88. The Kier molecular flexibility index (Phi) is 5.83. The summed E-state index contributed by atoms with van der Waals surface area (Å²) in [5, 5.41) is 5.10. The Hall–Kier alpha value is -2.78. The summed E-state index contributed by atoms with van der Waals surface area (Å²) in [6.45, 7) is 7.97. The SMILES string of the molecule is CCNC(=O)Nc1ccc(-c2nc3c(c(N4CCOC[C@@H]4C)n2)CN(C)C3)cc1F. The number of hydrogen-bond donors (Lipinski definition) is 2. The van der Waals surface area contributed by atoms with Gasteiger partial charge in [-0.15, -0.1) is 0 Å². The third-order valence-electron chi connectivity index (χ3n) is 5.37. The molecule has 2 aliphatic rings. The summed E-state index contributed by atoms with van der Waals surface area (Å²) >= 11 is 0. The Morgan fingerprint density at radius 3 is 2.90 bits per heavy atom. The van der Waals surface area contributed by atoms with E-state index in [1.807, 2.05) is 0 Å².